The lowest BCUT2D eigenvalue weighted by Gasteiger charge is -2.10. The van der Waals surface area contributed by atoms with Crippen LogP contribution in [0.25, 0.3) is 6.08 Å². The molecule has 27 heavy (non-hydrogen) atoms. The topological polar surface area (TPSA) is 64.3 Å². The molecule has 0 bridgehead atoms. The summed E-state index contributed by atoms with van der Waals surface area (Å²) in [6.45, 7) is 1.36. The minimum absolute atomic E-state index is 0.246. The molecule has 0 aliphatic rings. The van der Waals surface area contributed by atoms with Crippen LogP contribution in [0.5, 0.6) is 0 Å². The fourth-order valence-electron chi connectivity index (χ4n) is 2.59. The van der Waals surface area contributed by atoms with Crippen molar-refractivity contribution in [1.29, 1.82) is 0 Å². The van der Waals surface area contributed by atoms with Gasteiger partial charge in [0.05, 0.1) is 25.1 Å². The molecule has 3 aromatic rings. The standard InChI is InChI=1S/C21H19FN2O3/c22-20-7-3-17(4-8-20)13-27-14-18(12-24-10-9-23-15-24)11-16-1-5-19(6-2-16)21(25)26/h1-11,15H,12-14H2,(H,25,26)/b18-11-. The Morgan fingerprint density at radius 2 is 1.89 bits per heavy atom. The van der Waals surface area contributed by atoms with Gasteiger partial charge in [-0.25, -0.2) is 14.2 Å². The van der Waals surface area contributed by atoms with E-state index in [0.29, 0.717) is 19.8 Å². The molecule has 0 aliphatic carbocycles. The van der Waals surface area contributed by atoms with Gasteiger partial charge in [-0.3, -0.25) is 0 Å². The molecule has 6 heteroatoms. The second kappa shape index (κ2) is 8.91. The first kappa shape index (κ1) is 18.5. The number of aromatic nitrogens is 2. The number of carboxylic acids is 1. The van der Waals surface area contributed by atoms with E-state index in [-0.39, 0.29) is 11.4 Å². The van der Waals surface area contributed by atoms with Crippen molar-refractivity contribution >= 4 is 12.0 Å². The SMILES string of the molecule is O=C(O)c1ccc(/C=C(\COCc2ccc(F)cc2)Cn2ccnc2)cc1. The number of imidazole rings is 1. The number of hydrogen-bond donors (Lipinski definition) is 1. The monoisotopic (exact) mass is 366 g/mol. The summed E-state index contributed by atoms with van der Waals surface area (Å²) in [5, 5.41) is 9.00. The molecule has 3 rings (SSSR count). The lowest BCUT2D eigenvalue weighted by molar-refractivity contribution is 0.0697. The molecular weight excluding hydrogens is 347 g/mol. The largest absolute Gasteiger partial charge is 0.478 e. The van der Waals surface area contributed by atoms with Crippen molar-refractivity contribution in [3.63, 3.8) is 0 Å². The Morgan fingerprint density at radius 1 is 1.15 bits per heavy atom. The summed E-state index contributed by atoms with van der Waals surface area (Å²) < 4.78 is 20.7. The quantitative estimate of drug-likeness (QED) is 0.654. The molecule has 5 nitrogen and oxygen atoms in total. The molecule has 1 N–H and O–H groups in total. The van der Waals surface area contributed by atoms with E-state index in [1.165, 1.54) is 12.1 Å². The van der Waals surface area contributed by atoms with Crippen LogP contribution in [0, 0.1) is 5.82 Å². The molecule has 138 valence electrons. The maximum Gasteiger partial charge on any atom is 0.335 e. The lowest BCUT2D eigenvalue weighted by Crippen LogP contribution is -2.06. The first-order valence-electron chi connectivity index (χ1n) is 8.41. The van der Waals surface area contributed by atoms with Crippen LogP contribution in [0.15, 0.2) is 72.8 Å². The van der Waals surface area contributed by atoms with Crippen LogP contribution in [0.1, 0.15) is 21.5 Å². The van der Waals surface area contributed by atoms with Crippen molar-refractivity contribution in [3.8, 4) is 0 Å². The van der Waals surface area contributed by atoms with Crippen molar-refractivity contribution in [1.82, 2.24) is 9.55 Å². The number of carbonyl (C=O) groups is 1. The molecule has 1 aromatic heterocycles. The molecular formula is C21H19FN2O3. The average molecular weight is 366 g/mol. The highest BCUT2D eigenvalue weighted by Gasteiger charge is 2.04. The Morgan fingerprint density at radius 3 is 2.52 bits per heavy atom. The van der Waals surface area contributed by atoms with Crippen molar-refractivity contribution < 1.29 is 19.0 Å². The third-order valence-electron chi connectivity index (χ3n) is 3.94. The van der Waals surface area contributed by atoms with Crippen LogP contribution >= 0.6 is 0 Å². The normalized spacial score (nSPS) is 11.5. The van der Waals surface area contributed by atoms with Gasteiger partial charge in [0.1, 0.15) is 5.82 Å². The van der Waals surface area contributed by atoms with E-state index in [1.807, 2.05) is 16.8 Å². The van der Waals surface area contributed by atoms with Crippen LogP contribution < -0.4 is 0 Å². The van der Waals surface area contributed by atoms with Gasteiger partial charge in [-0.1, -0.05) is 30.3 Å². The third kappa shape index (κ3) is 5.62. The summed E-state index contributed by atoms with van der Waals surface area (Å²) in [6.07, 6.45) is 7.26. The van der Waals surface area contributed by atoms with Crippen LogP contribution in [-0.4, -0.2) is 27.2 Å². The number of halogens is 1. The third-order valence-corrected chi connectivity index (χ3v) is 3.94. The lowest BCUT2D eigenvalue weighted by atomic mass is 10.1. The Hall–Kier alpha value is -3.25. The molecule has 0 radical (unpaired) electrons. The van der Waals surface area contributed by atoms with E-state index in [4.69, 9.17) is 9.84 Å². The van der Waals surface area contributed by atoms with E-state index in [2.05, 4.69) is 4.98 Å². The first-order valence-corrected chi connectivity index (χ1v) is 8.41. The van der Waals surface area contributed by atoms with E-state index in [9.17, 15) is 9.18 Å². The molecule has 0 spiro atoms. The smallest absolute Gasteiger partial charge is 0.335 e. The molecule has 0 amide bonds. The summed E-state index contributed by atoms with van der Waals surface area (Å²) in [5.41, 5.74) is 3.03. The number of aromatic carboxylic acids is 1. The van der Waals surface area contributed by atoms with E-state index in [0.717, 1.165) is 16.7 Å². The highest BCUT2D eigenvalue weighted by molar-refractivity contribution is 5.87. The number of ether oxygens (including phenoxy) is 1. The zero-order valence-corrected chi connectivity index (χ0v) is 14.6. The van der Waals surface area contributed by atoms with E-state index < -0.39 is 5.97 Å². The fraction of sp³-hybridized carbons (Fsp3) is 0.143. The molecule has 0 fully saturated rings. The maximum atomic E-state index is 13.0. The van der Waals surface area contributed by atoms with Gasteiger partial charge in [0.15, 0.2) is 0 Å². The van der Waals surface area contributed by atoms with Crippen LogP contribution in [0.4, 0.5) is 4.39 Å². The van der Waals surface area contributed by atoms with Gasteiger partial charge in [-0.05, 0) is 41.0 Å². The summed E-state index contributed by atoms with van der Waals surface area (Å²) in [5.74, 6) is -1.23. The Labute approximate surface area is 156 Å². The highest BCUT2D eigenvalue weighted by atomic mass is 19.1. The Bertz CT molecular complexity index is 902. The number of benzene rings is 2. The molecule has 2 aromatic carbocycles. The molecule has 0 atom stereocenters. The highest BCUT2D eigenvalue weighted by Crippen LogP contribution is 2.13. The molecule has 0 aliphatic heterocycles. The van der Waals surface area contributed by atoms with Crippen molar-refractivity contribution in [2.75, 3.05) is 6.61 Å². The van der Waals surface area contributed by atoms with Gasteiger partial charge in [-0.2, -0.15) is 0 Å². The predicted octanol–water partition coefficient (Wildman–Crippen LogP) is 4.02. The minimum Gasteiger partial charge on any atom is -0.478 e. The van der Waals surface area contributed by atoms with Gasteiger partial charge >= 0.3 is 5.97 Å². The van der Waals surface area contributed by atoms with Gasteiger partial charge in [0, 0.05) is 18.9 Å². The molecule has 0 saturated carbocycles. The summed E-state index contributed by atoms with van der Waals surface area (Å²) in [6, 6.07) is 12.9. The fourth-order valence-corrected chi connectivity index (χ4v) is 2.59. The van der Waals surface area contributed by atoms with Crippen LogP contribution in [0.2, 0.25) is 0 Å². The number of nitrogens with zero attached hydrogens (tertiary/aromatic N) is 2. The average Bonchev–Trinajstić information content (AvgIpc) is 3.17. The van der Waals surface area contributed by atoms with Gasteiger partial charge in [0.2, 0.25) is 0 Å². The molecule has 1 heterocycles. The van der Waals surface area contributed by atoms with Gasteiger partial charge in [0.25, 0.3) is 0 Å². The first-order chi connectivity index (χ1) is 13.1. The predicted molar refractivity (Wildman–Crippen MR) is 99.7 cm³/mol. The second-order valence-electron chi connectivity index (χ2n) is 6.08. The van der Waals surface area contributed by atoms with Crippen molar-refractivity contribution in [2.45, 2.75) is 13.2 Å². The minimum atomic E-state index is -0.952. The van der Waals surface area contributed by atoms with Crippen LogP contribution in [0.3, 0.4) is 0 Å². The molecule has 0 saturated heterocycles. The van der Waals surface area contributed by atoms with Gasteiger partial charge in [-0.15, -0.1) is 0 Å². The number of carboxylic acid groups (broad SMARTS) is 1. The van der Waals surface area contributed by atoms with Crippen LogP contribution in [-0.2, 0) is 17.9 Å². The Balaban J connectivity index is 1.69. The Kier molecular flexibility index (Phi) is 6.12. The second-order valence-corrected chi connectivity index (χ2v) is 6.08. The summed E-state index contributed by atoms with van der Waals surface area (Å²) >= 11 is 0. The molecule has 0 unspecified atom stereocenters. The van der Waals surface area contributed by atoms with E-state index >= 15 is 0 Å². The number of rotatable bonds is 8. The van der Waals surface area contributed by atoms with Crippen molar-refractivity contribution in [3.05, 3.63) is 95.3 Å². The van der Waals surface area contributed by atoms with Gasteiger partial charge < -0.3 is 14.4 Å². The zero-order chi connectivity index (χ0) is 19.1. The summed E-state index contributed by atoms with van der Waals surface area (Å²) in [4.78, 5) is 15.0. The van der Waals surface area contributed by atoms with Crippen molar-refractivity contribution in [2.24, 2.45) is 0 Å². The number of hydrogen-bond acceptors (Lipinski definition) is 3. The van der Waals surface area contributed by atoms with E-state index in [1.54, 1.807) is 48.9 Å². The maximum absolute atomic E-state index is 13.0. The summed E-state index contributed by atoms with van der Waals surface area (Å²) in [7, 11) is 0. The zero-order valence-electron chi connectivity index (χ0n) is 14.6.